The predicted octanol–water partition coefficient (Wildman–Crippen LogP) is 4.78. The summed E-state index contributed by atoms with van der Waals surface area (Å²) >= 11 is 0. The van der Waals surface area contributed by atoms with Crippen LogP contribution in [0.4, 0.5) is 11.5 Å². The van der Waals surface area contributed by atoms with E-state index >= 15 is 0 Å². The number of carbonyl (C=O) groups excluding carboxylic acids is 4. The molecule has 4 bridgehead atoms. The van der Waals surface area contributed by atoms with Gasteiger partial charge in [-0.3, -0.25) is 33.7 Å². The first-order valence-electron chi connectivity index (χ1n) is 26.7. The van der Waals surface area contributed by atoms with Crippen molar-refractivity contribution in [1.82, 2.24) is 14.5 Å². The van der Waals surface area contributed by atoms with Crippen LogP contribution in [0, 0.1) is 40.7 Å². The summed E-state index contributed by atoms with van der Waals surface area (Å²) in [6.07, 6.45) is 4.80. The SMILES string of the molecule is CO[C@H]1/C=C/O[C@@]2(C)Oc3c(C)c(O)c4c(O)c(c5c(c4c3C2=O)=NC2(CCN(C(=O)COc3ccc(CO[C@@H]4COc6nc([N+](=O)[O-])cn6C4)cc3)CC2)N=5)NC(=O)/C(C)=C\C=C\[C@H](C)[C@H](O)[C@@H](C)[C@@H](O)[C@@H](C)[C@H](OC(C)=O)[C@@H]1C. The van der Waals surface area contributed by atoms with Crippen molar-refractivity contribution >= 4 is 45.8 Å². The second-order valence-corrected chi connectivity index (χ2v) is 21.6. The van der Waals surface area contributed by atoms with Crippen LogP contribution in [0.1, 0.15) is 82.8 Å². The fourth-order valence-corrected chi connectivity index (χ4v) is 11.1. The summed E-state index contributed by atoms with van der Waals surface area (Å²) in [5.74, 6) is -7.89. The number of nitro groups is 1. The van der Waals surface area contributed by atoms with Crippen LogP contribution in [0.5, 0.6) is 29.0 Å². The van der Waals surface area contributed by atoms with E-state index < -0.39 is 93.6 Å². The Morgan fingerprint density at radius 3 is 2.33 bits per heavy atom. The fraction of sp³-hybridized carbons (Fsp3) is 0.491. The molecule has 5 aliphatic rings. The lowest BCUT2D eigenvalue weighted by atomic mass is 9.78. The van der Waals surface area contributed by atoms with Gasteiger partial charge in [0.25, 0.3) is 17.6 Å². The number of nitrogens with one attached hydrogen (secondary N) is 1. The number of Topliss-reactive ketones (excluding diaryl/α,β-unsaturated/α-hetero) is 1. The number of carbonyl (C=O) groups is 4. The van der Waals surface area contributed by atoms with Gasteiger partial charge in [0.2, 0.25) is 0 Å². The second-order valence-electron chi connectivity index (χ2n) is 21.6. The summed E-state index contributed by atoms with van der Waals surface area (Å²) in [5.41, 5.74) is -0.446. The number of ketones is 1. The average molecular weight is 1120 g/mol. The van der Waals surface area contributed by atoms with E-state index in [1.54, 1.807) is 69.0 Å². The number of hydrogen-bond donors (Lipinski definition) is 5. The van der Waals surface area contributed by atoms with Crippen LogP contribution in [-0.2, 0) is 46.5 Å². The minimum absolute atomic E-state index is 0.000901. The van der Waals surface area contributed by atoms with Crippen LogP contribution in [-0.4, -0.2) is 139 Å². The number of anilines is 1. The zero-order valence-electron chi connectivity index (χ0n) is 46.4. The first kappa shape index (κ1) is 57.7. The number of benzene rings is 3. The molecule has 0 unspecified atom stereocenters. The number of ether oxygens (including phenoxy) is 7. The van der Waals surface area contributed by atoms with Crippen molar-refractivity contribution in [3.8, 4) is 29.0 Å². The molecule has 9 rings (SSSR count). The Balaban J connectivity index is 0.985. The Kier molecular flexibility index (Phi) is 16.3. The van der Waals surface area contributed by atoms with Gasteiger partial charge in [0, 0.05) is 92.1 Å². The third-order valence-electron chi connectivity index (χ3n) is 16.0. The second kappa shape index (κ2) is 22.9. The highest BCUT2D eigenvalue weighted by Crippen LogP contribution is 2.50. The standard InChI is InChI=1S/C57H67N7O17/c1-28-11-10-12-29(2)54(72)59-46-45-44(60-57(61-45)18-20-62(21-19-57)40(66)27-77-36-15-13-35(14-16-36)25-76-37-23-63-24-39(64(73)74)58-55(63)78-26-37)41-42(50(46)70)49(69)33(6)52-43(41)53(71)56(8,81-52)79-22-17-38(75-9)30(3)51(80-34(7)65)32(5)48(68)31(4)47(28)67/h10-17,22,24,28,30-32,37-38,47-48,51,67-70H,18-21,23,25-27H2,1-9H3,(H,59,72)/b11-10+,22-17+,29-12-/t28-,30+,31+,32+,37-,38-,47-,48+,51+,56-/m0/s1. The molecule has 1 fully saturated rings. The normalized spacial score (nSPS) is 28.7. The number of imidazole rings is 1. The van der Waals surface area contributed by atoms with Gasteiger partial charge in [-0.25, -0.2) is 0 Å². The number of aliphatic hydroxyl groups excluding tert-OH is 2. The van der Waals surface area contributed by atoms with Gasteiger partial charge >= 0.3 is 23.6 Å². The summed E-state index contributed by atoms with van der Waals surface area (Å²) in [4.78, 5) is 81.5. The van der Waals surface area contributed by atoms with E-state index in [2.05, 4.69) is 10.3 Å². The maximum Gasteiger partial charge on any atom is 0.414 e. The Hall–Kier alpha value is -7.93. The lowest BCUT2D eigenvalue weighted by Gasteiger charge is -2.38. The molecule has 10 atom stereocenters. The first-order chi connectivity index (χ1) is 38.4. The zero-order valence-corrected chi connectivity index (χ0v) is 46.4. The number of likely N-dealkylation sites (tertiary alicyclic amines) is 1. The monoisotopic (exact) mass is 1120 g/mol. The molecule has 0 radical (unpaired) electrons. The van der Waals surface area contributed by atoms with Gasteiger partial charge in [-0.2, -0.15) is 0 Å². The number of fused-ring (bicyclic) bond motifs is 2. The maximum absolute atomic E-state index is 14.9. The minimum atomic E-state index is -2.06. The quantitative estimate of drug-likeness (QED) is 0.0651. The Labute approximate surface area is 465 Å². The van der Waals surface area contributed by atoms with Crippen LogP contribution in [0.3, 0.4) is 0 Å². The average Bonchev–Trinajstić information content (AvgIpc) is 2.54. The van der Waals surface area contributed by atoms with Crippen molar-refractivity contribution in [1.29, 1.82) is 0 Å². The van der Waals surface area contributed by atoms with Crippen LogP contribution in [0.2, 0.25) is 0 Å². The summed E-state index contributed by atoms with van der Waals surface area (Å²) < 4.78 is 43.0. The van der Waals surface area contributed by atoms with E-state index in [-0.39, 0.29) is 119 Å². The number of aromatic nitrogens is 2. The van der Waals surface area contributed by atoms with E-state index in [4.69, 9.17) is 43.1 Å². The number of hydrogen-bond acceptors (Lipinski definition) is 20. The Morgan fingerprint density at radius 2 is 1.65 bits per heavy atom. The smallest absolute Gasteiger partial charge is 0.414 e. The third-order valence-corrected chi connectivity index (χ3v) is 16.0. The third kappa shape index (κ3) is 11.3. The highest BCUT2D eigenvalue weighted by molar-refractivity contribution is 6.19. The molecular formula is C57H67N7O17. The van der Waals surface area contributed by atoms with E-state index in [0.29, 0.717) is 12.3 Å². The number of aromatic hydroxyl groups is 2. The summed E-state index contributed by atoms with van der Waals surface area (Å²) in [6.45, 7) is 13.4. The molecule has 1 spiro atoms. The van der Waals surface area contributed by atoms with Crippen molar-refractivity contribution in [2.75, 3.05) is 38.7 Å². The zero-order chi connectivity index (χ0) is 58.4. The summed E-state index contributed by atoms with van der Waals surface area (Å²) in [5, 5.41) is 61.2. The van der Waals surface area contributed by atoms with Crippen LogP contribution >= 0.6 is 0 Å². The molecular weight excluding hydrogens is 1050 g/mol. The van der Waals surface area contributed by atoms with E-state index in [1.807, 2.05) is 0 Å². The molecule has 6 heterocycles. The lowest BCUT2D eigenvalue weighted by molar-refractivity contribution is -0.389. The number of phenols is 2. The maximum atomic E-state index is 14.9. The lowest BCUT2D eigenvalue weighted by Crippen LogP contribution is -2.46. The molecule has 1 saturated heterocycles. The van der Waals surface area contributed by atoms with E-state index in [1.165, 1.54) is 64.0 Å². The molecule has 432 valence electrons. The highest BCUT2D eigenvalue weighted by atomic mass is 16.7. The van der Waals surface area contributed by atoms with Crippen molar-refractivity contribution in [3.63, 3.8) is 0 Å². The van der Waals surface area contributed by atoms with Gasteiger partial charge in [-0.05, 0) is 42.5 Å². The van der Waals surface area contributed by atoms with E-state index in [9.17, 15) is 49.7 Å². The molecule has 1 aromatic heterocycles. The fourth-order valence-electron chi connectivity index (χ4n) is 11.1. The Morgan fingerprint density at radius 1 is 0.951 bits per heavy atom. The molecule has 24 heteroatoms. The number of phenolic OH excluding ortho intramolecular Hbond substituents is 2. The van der Waals surface area contributed by atoms with Gasteiger partial charge in [0.15, 0.2) is 18.0 Å². The predicted molar refractivity (Wildman–Crippen MR) is 288 cm³/mol. The van der Waals surface area contributed by atoms with Crippen LogP contribution < -0.4 is 30.2 Å². The number of nitrogens with zero attached hydrogens (tertiary/aromatic N) is 6. The summed E-state index contributed by atoms with van der Waals surface area (Å²) in [6, 6.07) is 7.18. The van der Waals surface area contributed by atoms with Crippen molar-refractivity contribution < 1.29 is 77.7 Å². The minimum Gasteiger partial charge on any atom is -0.507 e. The number of piperidine rings is 1. The molecule has 5 aliphatic heterocycles. The number of allylic oxidation sites excluding steroid dienone is 2. The van der Waals surface area contributed by atoms with Gasteiger partial charge in [0.05, 0.1) is 54.0 Å². The molecule has 4 aromatic rings. The number of rotatable bonds is 9. The highest BCUT2D eigenvalue weighted by Gasteiger charge is 2.50. The molecule has 0 aliphatic carbocycles. The number of methoxy groups -OCH3 is 1. The Bertz CT molecular complexity index is 3390. The molecule has 2 amide bonds. The topological polar surface area (TPSA) is 315 Å². The number of amides is 2. The first-order valence-corrected chi connectivity index (χ1v) is 26.7. The number of esters is 1. The van der Waals surface area contributed by atoms with Crippen LogP contribution in [0.25, 0.3) is 10.8 Å². The summed E-state index contributed by atoms with van der Waals surface area (Å²) in [7, 11) is 1.44. The van der Waals surface area contributed by atoms with Crippen LogP contribution in [0.15, 0.2) is 76.6 Å². The molecule has 3 aromatic carbocycles. The number of aliphatic hydroxyl groups is 2. The van der Waals surface area contributed by atoms with E-state index in [0.717, 1.165) is 5.56 Å². The van der Waals surface area contributed by atoms with Gasteiger partial charge in [0.1, 0.15) is 53.3 Å². The van der Waals surface area contributed by atoms with Gasteiger partial charge in [-0.15, -0.1) is 0 Å². The van der Waals surface area contributed by atoms with Gasteiger partial charge in [-0.1, -0.05) is 58.1 Å². The van der Waals surface area contributed by atoms with Crippen molar-refractivity contribution in [2.24, 2.45) is 33.7 Å². The van der Waals surface area contributed by atoms with Crippen molar-refractivity contribution in [3.05, 3.63) is 104 Å². The molecule has 81 heavy (non-hydrogen) atoms. The largest absolute Gasteiger partial charge is 0.507 e. The molecule has 0 saturated carbocycles. The molecule has 5 N–H and O–H groups in total. The van der Waals surface area contributed by atoms with Gasteiger partial charge < -0.3 is 73.9 Å². The molecule has 24 nitrogen and oxygen atoms in total. The van der Waals surface area contributed by atoms with Crippen molar-refractivity contribution in [2.45, 2.75) is 123 Å².